The van der Waals surface area contributed by atoms with E-state index in [2.05, 4.69) is 32.0 Å². The summed E-state index contributed by atoms with van der Waals surface area (Å²) < 4.78 is 10.6. The minimum atomic E-state index is -0.403. The largest absolute Gasteiger partial charge is 0.393 e. The third-order valence-electron chi connectivity index (χ3n) is 3.20. The minimum Gasteiger partial charge on any atom is -0.393 e. The summed E-state index contributed by atoms with van der Waals surface area (Å²) in [4.78, 5) is 0. The molecule has 1 aromatic carbocycles. The summed E-state index contributed by atoms with van der Waals surface area (Å²) in [5.74, 6) is 0. The van der Waals surface area contributed by atoms with Gasteiger partial charge in [0.2, 0.25) is 0 Å². The molecule has 94 valence electrons. The summed E-state index contributed by atoms with van der Waals surface area (Å²) in [6.07, 6.45) is 0.578. The van der Waals surface area contributed by atoms with Gasteiger partial charge < -0.3 is 14.6 Å². The molecule has 0 amide bonds. The smallest absolute Gasteiger partial charge is 0.160 e. The van der Waals surface area contributed by atoms with Crippen LogP contribution in [0.15, 0.2) is 18.2 Å². The molecule has 3 nitrogen and oxygen atoms in total. The molecule has 0 aromatic heterocycles. The lowest BCUT2D eigenvalue weighted by molar-refractivity contribution is -0.0698. The Morgan fingerprint density at radius 3 is 2.59 bits per heavy atom. The fraction of sp³-hybridized carbons (Fsp3) is 0.571. The number of aliphatic hydroxyl groups is 1. The van der Waals surface area contributed by atoms with Crippen LogP contribution in [0.2, 0.25) is 0 Å². The van der Waals surface area contributed by atoms with Crippen LogP contribution in [-0.4, -0.2) is 30.7 Å². The molecule has 1 fully saturated rings. The molecule has 1 N–H and O–H groups in total. The molecule has 1 unspecified atom stereocenters. The van der Waals surface area contributed by atoms with Crippen molar-refractivity contribution in [3.63, 3.8) is 0 Å². The first kappa shape index (κ1) is 12.6. The van der Waals surface area contributed by atoms with Gasteiger partial charge in [0.1, 0.15) is 0 Å². The summed E-state index contributed by atoms with van der Waals surface area (Å²) in [6.45, 7) is 5.46. The number of hydrogen-bond acceptors (Lipinski definition) is 3. The predicted octanol–water partition coefficient (Wildman–Crippen LogP) is 1.97. The third kappa shape index (κ3) is 3.53. The topological polar surface area (TPSA) is 38.7 Å². The summed E-state index contributed by atoms with van der Waals surface area (Å²) in [7, 11) is 0. The van der Waals surface area contributed by atoms with Crippen molar-refractivity contribution in [2.75, 3.05) is 13.2 Å². The summed E-state index contributed by atoms with van der Waals surface area (Å²) >= 11 is 0. The fourth-order valence-corrected chi connectivity index (χ4v) is 2.05. The van der Waals surface area contributed by atoms with E-state index in [1.165, 1.54) is 16.7 Å². The summed E-state index contributed by atoms with van der Waals surface area (Å²) in [5, 5.41) is 9.96. The van der Waals surface area contributed by atoms with Crippen LogP contribution in [0.3, 0.4) is 0 Å². The average molecular weight is 236 g/mol. The SMILES string of the molecule is Cc1ccc(CC(O)CC2OCCO2)cc1C. The van der Waals surface area contributed by atoms with Crippen LogP contribution >= 0.6 is 0 Å². The molecular formula is C14H20O3. The van der Waals surface area contributed by atoms with Gasteiger partial charge in [-0.15, -0.1) is 0 Å². The minimum absolute atomic E-state index is 0.225. The van der Waals surface area contributed by atoms with Gasteiger partial charge in [-0.2, -0.15) is 0 Å². The highest BCUT2D eigenvalue weighted by Gasteiger charge is 2.20. The molecule has 17 heavy (non-hydrogen) atoms. The summed E-state index contributed by atoms with van der Waals surface area (Å²) in [5.41, 5.74) is 3.72. The van der Waals surface area contributed by atoms with E-state index in [4.69, 9.17) is 9.47 Å². The molecule has 0 saturated carbocycles. The molecule has 1 saturated heterocycles. The van der Waals surface area contributed by atoms with Gasteiger partial charge in [-0.25, -0.2) is 0 Å². The molecule has 0 aliphatic carbocycles. The Balaban J connectivity index is 1.88. The maximum atomic E-state index is 9.96. The predicted molar refractivity (Wildman–Crippen MR) is 65.9 cm³/mol. The molecular weight excluding hydrogens is 216 g/mol. The highest BCUT2D eigenvalue weighted by atomic mass is 16.7. The van der Waals surface area contributed by atoms with Gasteiger partial charge >= 0.3 is 0 Å². The van der Waals surface area contributed by atoms with Crippen molar-refractivity contribution in [1.29, 1.82) is 0 Å². The molecule has 2 rings (SSSR count). The van der Waals surface area contributed by atoms with Crippen LogP contribution in [0.1, 0.15) is 23.1 Å². The van der Waals surface area contributed by atoms with E-state index in [9.17, 15) is 5.11 Å². The van der Waals surface area contributed by atoms with Gasteiger partial charge in [0.25, 0.3) is 0 Å². The highest BCUT2D eigenvalue weighted by Crippen LogP contribution is 2.16. The first-order chi connectivity index (χ1) is 8.15. The van der Waals surface area contributed by atoms with Crippen molar-refractivity contribution in [1.82, 2.24) is 0 Å². The van der Waals surface area contributed by atoms with Crippen molar-refractivity contribution in [3.8, 4) is 0 Å². The summed E-state index contributed by atoms with van der Waals surface area (Å²) in [6, 6.07) is 6.30. The molecule has 1 heterocycles. The molecule has 1 aromatic rings. The van der Waals surface area contributed by atoms with Crippen LogP contribution in [0.25, 0.3) is 0 Å². The van der Waals surface area contributed by atoms with Gasteiger partial charge in [0.05, 0.1) is 19.3 Å². The lowest BCUT2D eigenvalue weighted by Gasteiger charge is -2.15. The zero-order chi connectivity index (χ0) is 12.3. The fourth-order valence-electron chi connectivity index (χ4n) is 2.05. The monoisotopic (exact) mass is 236 g/mol. The Hall–Kier alpha value is -0.900. The first-order valence-corrected chi connectivity index (χ1v) is 6.12. The van der Waals surface area contributed by atoms with E-state index in [1.54, 1.807) is 0 Å². The molecule has 1 atom stereocenters. The molecule has 0 bridgehead atoms. The molecule has 0 spiro atoms. The van der Waals surface area contributed by atoms with Crippen LogP contribution in [0.4, 0.5) is 0 Å². The highest BCUT2D eigenvalue weighted by molar-refractivity contribution is 5.30. The van der Waals surface area contributed by atoms with Gasteiger partial charge in [0.15, 0.2) is 6.29 Å². The van der Waals surface area contributed by atoms with Crippen molar-refractivity contribution in [3.05, 3.63) is 34.9 Å². The van der Waals surface area contributed by atoms with Crippen LogP contribution in [0.5, 0.6) is 0 Å². The Bertz CT molecular complexity index is 370. The van der Waals surface area contributed by atoms with E-state index < -0.39 is 6.10 Å². The van der Waals surface area contributed by atoms with E-state index in [1.807, 2.05) is 0 Å². The molecule has 0 radical (unpaired) electrons. The van der Waals surface area contributed by atoms with Gasteiger partial charge in [0, 0.05) is 6.42 Å². The van der Waals surface area contributed by atoms with Crippen molar-refractivity contribution >= 4 is 0 Å². The third-order valence-corrected chi connectivity index (χ3v) is 3.20. The number of aryl methyl sites for hydroxylation is 2. The lowest BCUT2D eigenvalue weighted by Crippen LogP contribution is -2.20. The molecule has 3 heteroatoms. The zero-order valence-electron chi connectivity index (χ0n) is 10.5. The maximum Gasteiger partial charge on any atom is 0.160 e. The van der Waals surface area contributed by atoms with E-state index in [0.717, 1.165) is 0 Å². The number of rotatable bonds is 4. The van der Waals surface area contributed by atoms with Gasteiger partial charge in [-0.1, -0.05) is 18.2 Å². The van der Waals surface area contributed by atoms with Crippen molar-refractivity contribution in [2.45, 2.75) is 39.1 Å². The Morgan fingerprint density at radius 1 is 1.24 bits per heavy atom. The Kier molecular flexibility index (Phi) is 4.15. The Morgan fingerprint density at radius 2 is 1.94 bits per heavy atom. The number of hydrogen-bond donors (Lipinski definition) is 1. The van der Waals surface area contributed by atoms with E-state index in [-0.39, 0.29) is 6.29 Å². The first-order valence-electron chi connectivity index (χ1n) is 6.12. The second-order valence-corrected chi connectivity index (χ2v) is 4.68. The van der Waals surface area contributed by atoms with Gasteiger partial charge in [-0.05, 0) is 37.0 Å². The van der Waals surface area contributed by atoms with Crippen LogP contribution < -0.4 is 0 Å². The van der Waals surface area contributed by atoms with Crippen molar-refractivity contribution < 1.29 is 14.6 Å². The molecule has 1 aliphatic rings. The van der Waals surface area contributed by atoms with E-state index >= 15 is 0 Å². The average Bonchev–Trinajstić information content (AvgIpc) is 2.76. The number of aliphatic hydroxyl groups excluding tert-OH is 1. The Labute approximate surface area is 102 Å². The second kappa shape index (κ2) is 5.63. The standard InChI is InChI=1S/C14H20O3/c1-10-3-4-12(7-11(10)2)8-13(15)9-14-16-5-6-17-14/h3-4,7,13-15H,5-6,8-9H2,1-2H3. The van der Waals surface area contributed by atoms with E-state index in [0.29, 0.717) is 26.1 Å². The molecule has 1 aliphatic heterocycles. The maximum absolute atomic E-state index is 9.96. The quantitative estimate of drug-likeness (QED) is 0.868. The van der Waals surface area contributed by atoms with Gasteiger partial charge in [-0.3, -0.25) is 0 Å². The normalized spacial score (nSPS) is 18.5. The van der Waals surface area contributed by atoms with Crippen LogP contribution in [0, 0.1) is 13.8 Å². The second-order valence-electron chi connectivity index (χ2n) is 4.68. The lowest BCUT2D eigenvalue weighted by atomic mass is 10.0. The van der Waals surface area contributed by atoms with Crippen molar-refractivity contribution in [2.24, 2.45) is 0 Å². The number of benzene rings is 1. The van der Waals surface area contributed by atoms with Crippen LogP contribution in [-0.2, 0) is 15.9 Å². The number of ether oxygens (including phenoxy) is 2. The zero-order valence-corrected chi connectivity index (χ0v) is 10.5.